The molecule has 16 heavy (non-hydrogen) atoms. The fourth-order valence-corrected chi connectivity index (χ4v) is 0.791. The second kappa shape index (κ2) is 4.00. The van der Waals surface area contributed by atoms with Crippen LogP contribution in [0.3, 0.4) is 0 Å². The van der Waals surface area contributed by atoms with Crippen molar-refractivity contribution in [3.05, 3.63) is 0 Å². The highest BCUT2D eigenvalue weighted by atomic mass is 32.3. The summed E-state index contributed by atoms with van der Waals surface area (Å²) in [7, 11) is -6.04. The SMILES string of the molecule is O=S(=O)(F)OCC(O)(C(F)(F)F)C(F)(F)F. The topological polar surface area (TPSA) is 63.6 Å². The zero-order chi connectivity index (χ0) is 13.4. The van der Waals surface area contributed by atoms with Crippen molar-refractivity contribution in [1.29, 1.82) is 0 Å². The molecule has 98 valence electrons. The van der Waals surface area contributed by atoms with Crippen LogP contribution in [0.15, 0.2) is 0 Å². The Bertz CT molecular complexity index is 326. The van der Waals surface area contributed by atoms with E-state index in [4.69, 9.17) is 5.11 Å². The molecular formula is C4H3F7O4S. The molecule has 0 aliphatic heterocycles. The summed E-state index contributed by atoms with van der Waals surface area (Å²) in [6.45, 7) is -2.85. The third-order valence-electron chi connectivity index (χ3n) is 1.35. The van der Waals surface area contributed by atoms with E-state index in [1.165, 1.54) is 0 Å². The second-order valence-corrected chi connectivity index (χ2v) is 3.53. The Morgan fingerprint density at radius 2 is 1.31 bits per heavy atom. The van der Waals surface area contributed by atoms with E-state index < -0.39 is 35.1 Å². The zero-order valence-corrected chi connectivity index (χ0v) is 7.75. The standard InChI is InChI=1S/C4H3F7O4S/c5-3(6,7)2(12,4(8,9)10)1-15-16(11,13)14/h12H,1H2. The highest BCUT2D eigenvalue weighted by Gasteiger charge is 2.71. The molecule has 4 nitrogen and oxygen atoms in total. The van der Waals surface area contributed by atoms with Crippen LogP contribution in [0.2, 0.25) is 0 Å². The monoisotopic (exact) mass is 280 g/mol. The van der Waals surface area contributed by atoms with Gasteiger partial charge in [-0.25, -0.2) is 4.18 Å². The van der Waals surface area contributed by atoms with Crippen molar-refractivity contribution < 1.29 is 47.9 Å². The highest BCUT2D eigenvalue weighted by Crippen LogP contribution is 2.43. The van der Waals surface area contributed by atoms with Crippen LogP contribution in [0.4, 0.5) is 30.2 Å². The molecule has 12 heteroatoms. The maximum atomic E-state index is 11.8. The van der Waals surface area contributed by atoms with Gasteiger partial charge in [-0.1, -0.05) is 3.89 Å². The van der Waals surface area contributed by atoms with E-state index in [0.717, 1.165) is 0 Å². The summed E-state index contributed by atoms with van der Waals surface area (Å²) in [6.07, 6.45) is -12.5. The zero-order valence-electron chi connectivity index (χ0n) is 6.93. The number of hydrogen-bond acceptors (Lipinski definition) is 4. The quantitative estimate of drug-likeness (QED) is 0.620. The van der Waals surface area contributed by atoms with Gasteiger partial charge in [-0.3, -0.25) is 0 Å². The molecule has 1 N–H and O–H groups in total. The van der Waals surface area contributed by atoms with Crippen LogP contribution in [-0.4, -0.2) is 38.1 Å². The summed E-state index contributed by atoms with van der Waals surface area (Å²) in [5.41, 5.74) is -5.46. The molecular weight excluding hydrogens is 277 g/mol. The molecule has 0 aromatic rings. The lowest BCUT2D eigenvalue weighted by atomic mass is 10.1. The number of alkyl halides is 6. The second-order valence-electron chi connectivity index (χ2n) is 2.51. The van der Waals surface area contributed by atoms with E-state index in [2.05, 4.69) is 4.18 Å². The van der Waals surface area contributed by atoms with Gasteiger partial charge in [0.1, 0.15) is 6.61 Å². The molecule has 0 unspecified atom stereocenters. The lowest BCUT2D eigenvalue weighted by Crippen LogP contribution is -2.60. The Balaban J connectivity index is 5.15. The molecule has 0 atom stereocenters. The first-order valence-corrected chi connectivity index (χ1v) is 4.46. The van der Waals surface area contributed by atoms with Gasteiger partial charge >= 0.3 is 22.9 Å². The van der Waals surface area contributed by atoms with E-state index in [1.54, 1.807) is 0 Å². The van der Waals surface area contributed by atoms with Gasteiger partial charge in [0.05, 0.1) is 0 Å². The van der Waals surface area contributed by atoms with Crippen LogP contribution in [-0.2, 0) is 14.7 Å². The largest absolute Gasteiger partial charge is 0.437 e. The van der Waals surface area contributed by atoms with Crippen molar-refractivity contribution >= 4 is 10.5 Å². The van der Waals surface area contributed by atoms with Crippen LogP contribution < -0.4 is 0 Å². The number of rotatable bonds is 3. The fourth-order valence-electron chi connectivity index (χ4n) is 0.480. The van der Waals surface area contributed by atoms with Crippen LogP contribution >= 0.6 is 0 Å². The van der Waals surface area contributed by atoms with E-state index in [0.29, 0.717) is 0 Å². The third kappa shape index (κ3) is 3.45. The van der Waals surface area contributed by atoms with Crippen molar-refractivity contribution in [2.24, 2.45) is 0 Å². The molecule has 0 amide bonds. The average molecular weight is 280 g/mol. The number of halogens is 7. The summed E-state index contributed by atoms with van der Waals surface area (Å²) in [4.78, 5) is 0. The molecule has 0 heterocycles. The molecule has 0 radical (unpaired) electrons. The first kappa shape index (κ1) is 15.4. The summed E-state index contributed by atoms with van der Waals surface area (Å²) in [5.74, 6) is 0. The number of hydrogen-bond donors (Lipinski definition) is 1. The average Bonchev–Trinajstić information content (AvgIpc) is 1.93. The Kier molecular flexibility index (Phi) is 3.84. The van der Waals surface area contributed by atoms with Gasteiger partial charge in [0.25, 0.3) is 5.60 Å². The lowest BCUT2D eigenvalue weighted by Gasteiger charge is -2.30. The van der Waals surface area contributed by atoms with Gasteiger partial charge < -0.3 is 5.11 Å². The van der Waals surface area contributed by atoms with Gasteiger partial charge in [-0.15, -0.1) is 0 Å². The van der Waals surface area contributed by atoms with Crippen molar-refractivity contribution in [3.8, 4) is 0 Å². The summed E-state index contributed by atoms with van der Waals surface area (Å²) in [6, 6.07) is 0. The van der Waals surface area contributed by atoms with Crippen LogP contribution in [0.25, 0.3) is 0 Å². The van der Waals surface area contributed by atoms with Gasteiger partial charge in [-0.05, 0) is 0 Å². The molecule has 0 spiro atoms. The minimum atomic E-state index is -6.27. The molecule has 0 saturated carbocycles. The van der Waals surface area contributed by atoms with E-state index in [-0.39, 0.29) is 0 Å². The molecule has 0 aromatic heterocycles. The normalized spacial score (nSPS) is 15.2. The Labute approximate surface area is 84.0 Å². The maximum absolute atomic E-state index is 11.8. The molecule has 0 aliphatic rings. The lowest BCUT2D eigenvalue weighted by molar-refractivity contribution is -0.373. The van der Waals surface area contributed by atoms with Gasteiger partial charge in [-0.2, -0.15) is 34.8 Å². The van der Waals surface area contributed by atoms with E-state index in [1.807, 2.05) is 0 Å². The van der Waals surface area contributed by atoms with Crippen molar-refractivity contribution in [3.63, 3.8) is 0 Å². The van der Waals surface area contributed by atoms with Crippen LogP contribution in [0.5, 0.6) is 0 Å². The van der Waals surface area contributed by atoms with Crippen molar-refractivity contribution in [2.45, 2.75) is 18.0 Å². The first-order chi connectivity index (χ1) is 6.71. The molecule has 0 saturated heterocycles. The smallest absolute Gasteiger partial charge is 0.372 e. The number of aliphatic hydroxyl groups is 1. The third-order valence-corrected chi connectivity index (χ3v) is 1.75. The van der Waals surface area contributed by atoms with Gasteiger partial charge in [0, 0.05) is 0 Å². The summed E-state index contributed by atoms with van der Waals surface area (Å²) < 4.78 is 104. The predicted octanol–water partition coefficient (Wildman–Crippen LogP) is 1.07. The summed E-state index contributed by atoms with van der Waals surface area (Å²) >= 11 is 0. The maximum Gasteiger partial charge on any atom is 0.437 e. The van der Waals surface area contributed by atoms with E-state index in [9.17, 15) is 38.6 Å². The highest BCUT2D eigenvalue weighted by molar-refractivity contribution is 7.81. The minimum Gasteiger partial charge on any atom is -0.372 e. The fraction of sp³-hybridized carbons (Fsp3) is 1.00. The summed E-state index contributed by atoms with van der Waals surface area (Å²) in [5, 5.41) is 8.24. The van der Waals surface area contributed by atoms with Crippen molar-refractivity contribution in [1.82, 2.24) is 0 Å². The predicted molar refractivity (Wildman–Crippen MR) is 33.0 cm³/mol. The van der Waals surface area contributed by atoms with Crippen molar-refractivity contribution in [2.75, 3.05) is 6.61 Å². The van der Waals surface area contributed by atoms with Gasteiger partial charge in [0.15, 0.2) is 0 Å². The Morgan fingerprint density at radius 3 is 1.50 bits per heavy atom. The van der Waals surface area contributed by atoms with Crippen LogP contribution in [0.1, 0.15) is 0 Å². The Morgan fingerprint density at radius 1 is 1.00 bits per heavy atom. The van der Waals surface area contributed by atoms with Crippen LogP contribution in [0, 0.1) is 0 Å². The molecule has 0 rings (SSSR count). The van der Waals surface area contributed by atoms with E-state index >= 15 is 0 Å². The minimum absolute atomic E-state index is 2.66. The van der Waals surface area contributed by atoms with Gasteiger partial charge in [0.2, 0.25) is 0 Å². The Hall–Kier alpha value is -0.620. The molecule has 0 fully saturated rings. The molecule has 0 bridgehead atoms. The molecule has 0 aromatic carbocycles. The molecule has 0 aliphatic carbocycles. The first-order valence-electron chi connectivity index (χ1n) is 3.15.